The maximum atomic E-state index is 13.2. The van der Waals surface area contributed by atoms with Crippen molar-refractivity contribution < 1.29 is 9.59 Å². The lowest BCUT2D eigenvalue weighted by atomic mass is 9.99. The topological polar surface area (TPSA) is 61.4 Å². The number of anilines is 1. The normalized spacial score (nSPS) is 16.4. The molecule has 154 valence electrons. The Morgan fingerprint density at radius 2 is 1.66 bits per heavy atom. The van der Waals surface area contributed by atoms with Crippen LogP contribution in [0, 0.1) is 5.92 Å². The van der Waals surface area contributed by atoms with Crippen LogP contribution in [0.1, 0.15) is 44.7 Å². The lowest BCUT2D eigenvalue weighted by Crippen LogP contribution is -2.48. The van der Waals surface area contributed by atoms with Crippen LogP contribution in [0.5, 0.6) is 0 Å². The fourth-order valence-electron chi connectivity index (χ4n) is 3.72. The van der Waals surface area contributed by atoms with E-state index < -0.39 is 6.04 Å². The van der Waals surface area contributed by atoms with E-state index in [-0.39, 0.29) is 17.9 Å². The Hall–Kier alpha value is -2.82. The summed E-state index contributed by atoms with van der Waals surface area (Å²) in [5.74, 6) is 0.275. The molecule has 0 aliphatic carbocycles. The second-order valence-corrected chi connectivity index (χ2v) is 7.96. The highest BCUT2D eigenvalue weighted by Crippen LogP contribution is 2.26. The van der Waals surface area contributed by atoms with Gasteiger partial charge in [-0.25, -0.2) is 0 Å². The van der Waals surface area contributed by atoms with Crippen molar-refractivity contribution in [3.8, 4) is 0 Å². The van der Waals surface area contributed by atoms with Gasteiger partial charge < -0.3 is 15.5 Å². The summed E-state index contributed by atoms with van der Waals surface area (Å²) in [6.07, 6.45) is 2.35. The zero-order valence-electron chi connectivity index (χ0n) is 17.3. The zero-order valence-corrected chi connectivity index (χ0v) is 17.3. The number of nitrogens with one attached hydrogen (secondary N) is 2. The van der Waals surface area contributed by atoms with Gasteiger partial charge in [-0.1, -0.05) is 62.4 Å². The average molecular weight is 394 g/mol. The van der Waals surface area contributed by atoms with Crippen LogP contribution in [0.4, 0.5) is 5.69 Å². The van der Waals surface area contributed by atoms with Crippen molar-refractivity contribution in [3.05, 3.63) is 66.2 Å². The lowest BCUT2D eigenvalue weighted by molar-refractivity contribution is -0.142. The SMILES string of the molecule is CC(C)C(CNC(=O)C(c1ccccc1)N1CCCCC1=O)Nc1ccccc1. The molecule has 1 saturated heterocycles. The summed E-state index contributed by atoms with van der Waals surface area (Å²) < 4.78 is 0. The third-order valence-corrected chi connectivity index (χ3v) is 5.46. The fourth-order valence-corrected chi connectivity index (χ4v) is 3.72. The summed E-state index contributed by atoms with van der Waals surface area (Å²) in [4.78, 5) is 27.5. The van der Waals surface area contributed by atoms with Crippen molar-refractivity contribution in [2.24, 2.45) is 5.92 Å². The molecule has 1 aliphatic heterocycles. The molecule has 5 heteroatoms. The number of likely N-dealkylation sites (tertiary alicyclic amines) is 1. The van der Waals surface area contributed by atoms with Gasteiger partial charge in [-0.05, 0) is 36.5 Å². The first-order valence-corrected chi connectivity index (χ1v) is 10.5. The van der Waals surface area contributed by atoms with E-state index in [1.807, 2.05) is 60.7 Å². The highest BCUT2D eigenvalue weighted by molar-refractivity contribution is 5.89. The first kappa shape index (κ1) is 20.9. The molecule has 2 atom stereocenters. The second-order valence-electron chi connectivity index (χ2n) is 7.96. The molecule has 5 nitrogen and oxygen atoms in total. The van der Waals surface area contributed by atoms with Crippen LogP contribution in [-0.4, -0.2) is 35.8 Å². The maximum Gasteiger partial charge on any atom is 0.247 e. The van der Waals surface area contributed by atoms with Gasteiger partial charge in [-0.3, -0.25) is 9.59 Å². The first-order chi connectivity index (χ1) is 14.1. The molecule has 0 spiro atoms. The summed E-state index contributed by atoms with van der Waals surface area (Å²) in [5.41, 5.74) is 1.89. The molecule has 2 aromatic carbocycles. The van der Waals surface area contributed by atoms with E-state index in [9.17, 15) is 9.59 Å². The van der Waals surface area contributed by atoms with Crippen LogP contribution >= 0.6 is 0 Å². The van der Waals surface area contributed by atoms with E-state index >= 15 is 0 Å². The molecule has 29 heavy (non-hydrogen) atoms. The number of hydrogen-bond acceptors (Lipinski definition) is 3. The van der Waals surface area contributed by atoms with E-state index in [4.69, 9.17) is 0 Å². The van der Waals surface area contributed by atoms with E-state index in [2.05, 4.69) is 24.5 Å². The largest absolute Gasteiger partial charge is 0.380 e. The van der Waals surface area contributed by atoms with Crippen LogP contribution < -0.4 is 10.6 Å². The van der Waals surface area contributed by atoms with Crippen molar-refractivity contribution >= 4 is 17.5 Å². The Kier molecular flexibility index (Phi) is 7.28. The Balaban J connectivity index is 1.72. The molecular weight excluding hydrogens is 362 g/mol. The van der Waals surface area contributed by atoms with Crippen molar-refractivity contribution in [1.82, 2.24) is 10.2 Å². The zero-order chi connectivity index (χ0) is 20.6. The number of amides is 2. The molecule has 1 aliphatic rings. The number of piperidine rings is 1. The number of carbonyl (C=O) groups excluding carboxylic acids is 2. The number of carbonyl (C=O) groups is 2. The molecule has 3 rings (SSSR count). The second kappa shape index (κ2) is 10.1. The molecular formula is C24H31N3O2. The van der Waals surface area contributed by atoms with Gasteiger partial charge in [0.05, 0.1) is 0 Å². The Labute approximate surface area is 173 Å². The maximum absolute atomic E-state index is 13.2. The molecule has 0 bridgehead atoms. The highest BCUT2D eigenvalue weighted by Gasteiger charge is 2.32. The summed E-state index contributed by atoms with van der Waals surface area (Å²) in [5, 5.41) is 6.61. The van der Waals surface area contributed by atoms with Gasteiger partial charge in [0.2, 0.25) is 11.8 Å². The molecule has 2 aromatic rings. The molecule has 1 fully saturated rings. The van der Waals surface area contributed by atoms with Crippen LogP contribution in [0.2, 0.25) is 0 Å². The number of hydrogen-bond donors (Lipinski definition) is 2. The minimum atomic E-state index is -0.575. The van der Waals surface area contributed by atoms with Gasteiger partial charge in [0.1, 0.15) is 6.04 Å². The minimum absolute atomic E-state index is 0.0584. The third kappa shape index (κ3) is 5.59. The Morgan fingerprint density at radius 1 is 1.00 bits per heavy atom. The number of nitrogens with zero attached hydrogens (tertiary/aromatic N) is 1. The quantitative estimate of drug-likeness (QED) is 0.713. The van der Waals surface area contributed by atoms with Crippen molar-refractivity contribution in [3.63, 3.8) is 0 Å². The van der Waals surface area contributed by atoms with Crippen LogP contribution in [0.25, 0.3) is 0 Å². The highest BCUT2D eigenvalue weighted by atomic mass is 16.2. The van der Waals surface area contributed by atoms with Gasteiger partial charge in [-0.15, -0.1) is 0 Å². The van der Waals surface area contributed by atoms with E-state index in [1.54, 1.807) is 4.90 Å². The molecule has 0 radical (unpaired) electrons. The smallest absolute Gasteiger partial charge is 0.247 e. The van der Waals surface area contributed by atoms with E-state index in [0.29, 0.717) is 25.4 Å². The van der Waals surface area contributed by atoms with Crippen molar-refractivity contribution in [1.29, 1.82) is 0 Å². The number of benzene rings is 2. The van der Waals surface area contributed by atoms with Gasteiger partial charge in [-0.2, -0.15) is 0 Å². The molecule has 0 aromatic heterocycles. The lowest BCUT2D eigenvalue weighted by Gasteiger charge is -2.34. The number of para-hydroxylation sites is 1. The summed E-state index contributed by atoms with van der Waals surface area (Å²) >= 11 is 0. The summed E-state index contributed by atoms with van der Waals surface area (Å²) in [7, 11) is 0. The Bertz CT molecular complexity index is 792. The fraction of sp³-hybridized carbons (Fsp3) is 0.417. The van der Waals surface area contributed by atoms with Crippen LogP contribution in [0.15, 0.2) is 60.7 Å². The monoisotopic (exact) mass is 393 g/mol. The van der Waals surface area contributed by atoms with Crippen LogP contribution in [-0.2, 0) is 9.59 Å². The third-order valence-electron chi connectivity index (χ3n) is 5.46. The Morgan fingerprint density at radius 3 is 2.28 bits per heavy atom. The first-order valence-electron chi connectivity index (χ1n) is 10.5. The van der Waals surface area contributed by atoms with Gasteiger partial charge in [0.25, 0.3) is 0 Å². The standard InChI is InChI=1S/C24H31N3O2/c1-18(2)21(26-20-13-7-4-8-14-20)17-25-24(29)23(19-11-5-3-6-12-19)27-16-10-9-15-22(27)28/h3-8,11-14,18,21,23,26H,9-10,15-17H2,1-2H3,(H,25,29). The molecule has 0 saturated carbocycles. The van der Waals surface area contributed by atoms with Crippen molar-refractivity contribution in [2.45, 2.75) is 45.2 Å². The average Bonchev–Trinajstić information content (AvgIpc) is 2.74. The summed E-state index contributed by atoms with van der Waals surface area (Å²) in [6, 6.07) is 19.1. The predicted octanol–water partition coefficient (Wildman–Crippen LogP) is 3.99. The predicted molar refractivity (Wildman–Crippen MR) is 116 cm³/mol. The van der Waals surface area contributed by atoms with E-state index in [1.165, 1.54) is 0 Å². The molecule has 2 N–H and O–H groups in total. The van der Waals surface area contributed by atoms with E-state index in [0.717, 1.165) is 24.1 Å². The van der Waals surface area contributed by atoms with Gasteiger partial charge >= 0.3 is 0 Å². The molecule has 2 amide bonds. The molecule has 2 unspecified atom stereocenters. The molecule has 1 heterocycles. The van der Waals surface area contributed by atoms with Crippen LogP contribution in [0.3, 0.4) is 0 Å². The summed E-state index contributed by atoms with van der Waals surface area (Å²) in [6.45, 7) is 5.39. The number of rotatable bonds is 8. The van der Waals surface area contributed by atoms with Gasteiger partial charge in [0, 0.05) is 31.2 Å². The minimum Gasteiger partial charge on any atom is -0.380 e. The van der Waals surface area contributed by atoms with Crippen molar-refractivity contribution in [2.75, 3.05) is 18.4 Å². The van der Waals surface area contributed by atoms with Gasteiger partial charge in [0.15, 0.2) is 0 Å².